The van der Waals surface area contributed by atoms with Crippen molar-refractivity contribution in [2.24, 2.45) is 5.92 Å². The van der Waals surface area contributed by atoms with Crippen LogP contribution in [0.3, 0.4) is 0 Å². The molecule has 29 heavy (non-hydrogen) atoms. The SMILES string of the molecule is Cc1ccc(OCC(=O)N2CCN(C(=O)C(c3ccccc3)C(C)C)CC2)cc1. The molecule has 0 bridgehead atoms. The van der Waals surface area contributed by atoms with Crippen LogP contribution in [0.4, 0.5) is 0 Å². The predicted molar refractivity (Wildman–Crippen MR) is 114 cm³/mol. The molecule has 0 N–H and O–H groups in total. The minimum Gasteiger partial charge on any atom is -0.484 e. The quantitative estimate of drug-likeness (QED) is 0.754. The molecule has 0 saturated carbocycles. The Labute approximate surface area is 173 Å². The van der Waals surface area contributed by atoms with Gasteiger partial charge in [0.15, 0.2) is 6.61 Å². The zero-order valence-electron chi connectivity index (χ0n) is 17.5. The van der Waals surface area contributed by atoms with Crippen LogP contribution >= 0.6 is 0 Å². The summed E-state index contributed by atoms with van der Waals surface area (Å²) in [6.07, 6.45) is 0. The Morgan fingerprint density at radius 3 is 2.07 bits per heavy atom. The van der Waals surface area contributed by atoms with Crippen LogP contribution < -0.4 is 4.74 Å². The summed E-state index contributed by atoms with van der Waals surface area (Å²) < 4.78 is 5.61. The van der Waals surface area contributed by atoms with Crippen LogP contribution in [0.5, 0.6) is 5.75 Å². The smallest absolute Gasteiger partial charge is 0.260 e. The van der Waals surface area contributed by atoms with E-state index in [9.17, 15) is 9.59 Å². The molecule has 0 aliphatic carbocycles. The number of aryl methyl sites for hydroxylation is 1. The fraction of sp³-hybridized carbons (Fsp3) is 0.417. The lowest BCUT2D eigenvalue weighted by atomic mass is 9.87. The van der Waals surface area contributed by atoms with Gasteiger partial charge in [-0.25, -0.2) is 0 Å². The van der Waals surface area contributed by atoms with Crippen molar-refractivity contribution in [3.05, 3.63) is 65.7 Å². The number of piperazine rings is 1. The first kappa shape index (κ1) is 20.9. The van der Waals surface area contributed by atoms with Gasteiger partial charge in [0.25, 0.3) is 5.91 Å². The lowest BCUT2D eigenvalue weighted by molar-refractivity contribution is -0.142. The maximum Gasteiger partial charge on any atom is 0.260 e. The minimum absolute atomic E-state index is 0.0235. The molecule has 0 spiro atoms. The van der Waals surface area contributed by atoms with Gasteiger partial charge < -0.3 is 14.5 Å². The van der Waals surface area contributed by atoms with Crippen molar-refractivity contribution < 1.29 is 14.3 Å². The number of carbonyl (C=O) groups is 2. The average Bonchev–Trinajstić information content (AvgIpc) is 2.74. The van der Waals surface area contributed by atoms with E-state index in [4.69, 9.17) is 4.74 Å². The summed E-state index contributed by atoms with van der Waals surface area (Å²) >= 11 is 0. The molecule has 2 aromatic rings. The fourth-order valence-electron chi connectivity index (χ4n) is 3.72. The van der Waals surface area contributed by atoms with Crippen LogP contribution in [0.15, 0.2) is 54.6 Å². The molecule has 1 aliphatic rings. The first-order valence-electron chi connectivity index (χ1n) is 10.3. The number of benzene rings is 2. The van der Waals surface area contributed by atoms with E-state index >= 15 is 0 Å². The maximum atomic E-state index is 13.2. The molecule has 3 rings (SSSR count). The van der Waals surface area contributed by atoms with E-state index in [-0.39, 0.29) is 30.3 Å². The first-order chi connectivity index (χ1) is 14.0. The Kier molecular flexibility index (Phi) is 6.91. The Balaban J connectivity index is 1.53. The largest absolute Gasteiger partial charge is 0.484 e. The van der Waals surface area contributed by atoms with E-state index in [1.54, 1.807) is 4.90 Å². The Bertz CT molecular complexity index is 810. The van der Waals surface area contributed by atoms with E-state index < -0.39 is 0 Å². The molecule has 5 heteroatoms. The van der Waals surface area contributed by atoms with Crippen molar-refractivity contribution in [2.75, 3.05) is 32.8 Å². The number of nitrogens with zero attached hydrogens (tertiary/aromatic N) is 2. The molecule has 1 atom stereocenters. The molecule has 0 radical (unpaired) electrons. The Morgan fingerprint density at radius 1 is 0.897 bits per heavy atom. The van der Waals surface area contributed by atoms with Gasteiger partial charge in [0.05, 0.1) is 5.92 Å². The highest BCUT2D eigenvalue weighted by Gasteiger charge is 2.31. The van der Waals surface area contributed by atoms with E-state index in [0.717, 1.165) is 11.1 Å². The molecule has 1 heterocycles. The standard InChI is InChI=1S/C24H30N2O3/c1-18(2)23(20-7-5-4-6-8-20)24(28)26-15-13-25(14-16-26)22(27)17-29-21-11-9-19(3)10-12-21/h4-12,18,23H,13-17H2,1-3H3. The summed E-state index contributed by atoms with van der Waals surface area (Å²) in [5.74, 6) is 0.867. The van der Waals surface area contributed by atoms with Gasteiger partial charge in [0, 0.05) is 26.2 Å². The monoisotopic (exact) mass is 394 g/mol. The number of carbonyl (C=O) groups excluding carboxylic acids is 2. The van der Waals surface area contributed by atoms with E-state index in [0.29, 0.717) is 31.9 Å². The zero-order valence-corrected chi connectivity index (χ0v) is 17.5. The summed E-state index contributed by atoms with van der Waals surface area (Å²) in [5.41, 5.74) is 2.21. The van der Waals surface area contributed by atoms with Crippen molar-refractivity contribution in [3.63, 3.8) is 0 Å². The number of hydrogen-bond acceptors (Lipinski definition) is 3. The lowest BCUT2D eigenvalue weighted by Crippen LogP contribution is -2.52. The number of hydrogen-bond donors (Lipinski definition) is 0. The second-order valence-corrected chi connectivity index (χ2v) is 7.94. The number of rotatable bonds is 6. The molecule has 2 amide bonds. The van der Waals surface area contributed by atoms with Gasteiger partial charge in [-0.15, -0.1) is 0 Å². The number of amides is 2. The van der Waals surface area contributed by atoms with Gasteiger partial charge >= 0.3 is 0 Å². The third kappa shape index (κ3) is 5.37. The van der Waals surface area contributed by atoms with Crippen molar-refractivity contribution in [3.8, 4) is 5.75 Å². The molecule has 1 saturated heterocycles. The molecule has 0 aromatic heterocycles. The van der Waals surface area contributed by atoms with Crippen LogP contribution in [0.25, 0.3) is 0 Å². The summed E-state index contributed by atoms with van der Waals surface area (Å²) in [4.78, 5) is 29.3. The highest BCUT2D eigenvalue weighted by atomic mass is 16.5. The van der Waals surface area contributed by atoms with Crippen molar-refractivity contribution in [1.29, 1.82) is 0 Å². The lowest BCUT2D eigenvalue weighted by Gasteiger charge is -2.37. The third-order valence-electron chi connectivity index (χ3n) is 5.42. The molecule has 154 valence electrons. The molecule has 1 fully saturated rings. The highest BCUT2D eigenvalue weighted by Crippen LogP contribution is 2.27. The van der Waals surface area contributed by atoms with Gasteiger partial charge in [-0.1, -0.05) is 61.9 Å². The first-order valence-corrected chi connectivity index (χ1v) is 10.3. The summed E-state index contributed by atoms with van der Waals surface area (Å²) in [7, 11) is 0. The van der Waals surface area contributed by atoms with Gasteiger partial charge in [-0.05, 0) is 30.5 Å². The Morgan fingerprint density at radius 2 is 1.48 bits per heavy atom. The van der Waals surface area contributed by atoms with Crippen molar-refractivity contribution >= 4 is 11.8 Å². The predicted octanol–water partition coefficient (Wildman–Crippen LogP) is 3.48. The van der Waals surface area contributed by atoms with Gasteiger partial charge in [0.2, 0.25) is 5.91 Å². The van der Waals surface area contributed by atoms with E-state index in [1.807, 2.05) is 66.4 Å². The molecule has 5 nitrogen and oxygen atoms in total. The third-order valence-corrected chi connectivity index (χ3v) is 5.42. The van der Waals surface area contributed by atoms with Crippen LogP contribution in [0.2, 0.25) is 0 Å². The minimum atomic E-state index is -0.150. The molecule has 2 aromatic carbocycles. The summed E-state index contributed by atoms with van der Waals surface area (Å²) in [5, 5.41) is 0. The summed E-state index contributed by atoms with van der Waals surface area (Å²) in [6.45, 7) is 8.40. The van der Waals surface area contributed by atoms with Gasteiger partial charge in [-0.3, -0.25) is 9.59 Å². The van der Waals surface area contributed by atoms with E-state index in [2.05, 4.69) is 13.8 Å². The van der Waals surface area contributed by atoms with Crippen LogP contribution in [-0.2, 0) is 9.59 Å². The molecular formula is C24H30N2O3. The molecule has 1 unspecified atom stereocenters. The van der Waals surface area contributed by atoms with Crippen LogP contribution in [0, 0.1) is 12.8 Å². The second kappa shape index (κ2) is 9.59. The van der Waals surface area contributed by atoms with Crippen LogP contribution in [0.1, 0.15) is 30.9 Å². The van der Waals surface area contributed by atoms with Gasteiger partial charge in [-0.2, -0.15) is 0 Å². The molecular weight excluding hydrogens is 364 g/mol. The van der Waals surface area contributed by atoms with Gasteiger partial charge in [0.1, 0.15) is 5.75 Å². The number of ether oxygens (including phenoxy) is 1. The molecule has 1 aliphatic heterocycles. The average molecular weight is 395 g/mol. The van der Waals surface area contributed by atoms with Crippen molar-refractivity contribution in [2.45, 2.75) is 26.7 Å². The van der Waals surface area contributed by atoms with Crippen molar-refractivity contribution in [1.82, 2.24) is 9.80 Å². The second-order valence-electron chi connectivity index (χ2n) is 7.94. The Hall–Kier alpha value is -2.82. The summed E-state index contributed by atoms with van der Waals surface area (Å²) in [6, 6.07) is 17.6. The maximum absolute atomic E-state index is 13.2. The van der Waals surface area contributed by atoms with Crippen LogP contribution in [-0.4, -0.2) is 54.4 Å². The fourth-order valence-corrected chi connectivity index (χ4v) is 3.72. The van der Waals surface area contributed by atoms with E-state index in [1.165, 1.54) is 0 Å². The zero-order chi connectivity index (χ0) is 20.8. The normalized spacial score (nSPS) is 15.3. The topological polar surface area (TPSA) is 49.9 Å². The highest BCUT2D eigenvalue weighted by molar-refractivity contribution is 5.84.